The van der Waals surface area contributed by atoms with E-state index in [1.54, 1.807) is 31.4 Å². The summed E-state index contributed by atoms with van der Waals surface area (Å²) < 4.78 is 16.1. The summed E-state index contributed by atoms with van der Waals surface area (Å²) in [7, 11) is 3.08. The second-order valence-electron chi connectivity index (χ2n) is 6.48. The van der Waals surface area contributed by atoms with Crippen LogP contribution in [-0.2, 0) is 5.54 Å². The molecule has 0 radical (unpaired) electrons. The van der Waals surface area contributed by atoms with Crippen LogP contribution in [0.5, 0.6) is 11.7 Å². The first kappa shape index (κ1) is 17.7. The van der Waals surface area contributed by atoms with Crippen molar-refractivity contribution in [3.8, 4) is 11.7 Å². The van der Waals surface area contributed by atoms with Crippen LogP contribution in [0.15, 0.2) is 40.8 Å². The van der Waals surface area contributed by atoms with Crippen molar-refractivity contribution < 1.29 is 23.8 Å². The number of benzene rings is 1. The van der Waals surface area contributed by atoms with E-state index in [1.807, 2.05) is 32.9 Å². The minimum atomic E-state index is -1.14. The Morgan fingerprint density at radius 2 is 1.67 bits per heavy atom. The fourth-order valence-corrected chi connectivity index (χ4v) is 2.90. The normalized spacial score (nSPS) is 13.9. The van der Waals surface area contributed by atoms with Gasteiger partial charge in [0.2, 0.25) is 0 Å². The molecule has 1 unspecified atom stereocenters. The van der Waals surface area contributed by atoms with Crippen LogP contribution >= 0.6 is 0 Å². The summed E-state index contributed by atoms with van der Waals surface area (Å²) in [6.07, 6.45) is -1.14. The van der Waals surface area contributed by atoms with Crippen LogP contribution in [0, 0.1) is 5.41 Å². The summed E-state index contributed by atoms with van der Waals surface area (Å²) in [6, 6.07) is 10.6. The average molecular weight is 333 g/mol. The van der Waals surface area contributed by atoms with E-state index in [0.29, 0.717) is 17.5 Å². The van der Waals surface area contributed by atoms with Crippen LogP contribution in [0.3, 0.4) is 0 Å². The van der Waals surface area contributed by atoms with Gasteiger partial charge in [0.05, 0.1) is 14.2 Å². The number of furan rings is 1. The van der Waals surface area contributed by atoms with E-state index in [-0.39, 0.29) is 0 Å². The molecule has 0 aliphatic carbocycles. The number of ether oxygens (including phenoxy) is 2. The Balaban J connectivity index is 2.71. The Morgan fingerprint density at radius 3 is 2.08 bits per heavy atom. The lowest BCUT2D eigenvalue weighted by atomic mass is 9.68. The van der Waals surface area contributed by atoms with Gasteiger partial charge in [0.25, 0.3) is 5.95 Å². The summed E-state index contributed by atoms with van der Waals surface area (Å²) in [5.74, 6) is 1.47. The molecule has 0 spiro atoms. The molecule has 6 nitrogen and oxygen atoms in total. The monoisotopic (exact) mass is 333 g/mol. The summed E-state index contributed by atoms with van der Waals surface area (Å²) in [5.41, 5.74) is -0.875. The fraction of sp³-hybridized carbons (Fsp3) is 0.389. The molecule has 0 aliphatic heterocycles. The van der Waals surface area contributed by atoms with Crippen LogP contribution in [0.25, 0.3) is 0 Å². The van der Waals surface area contributed by atoms with Crippen molar-refractivity contribution >= 4 is 6.09 Å². The SMILES string of the molecule is COc1ccc(C(NC(=O)O)(c2ccc(OC)o2)C(C)(C)C)cc1. The predicted molar refractivity (Wildman–Crippen MR) is 89.6 cm³/mol. The summed E-state index contributed by atoms with van der Waals surface area (Å²) in [6.45, 7) is 5.84. The van der Waals surface area contributed by atoms with Gasteiger partial charge in [-0.05, 0) is 29.2 Å². The molecular weight excluding hydrogens is 310 g/mol. The van der Waals surface area contributed by atoms with Gasteiger partial charge in [-0.2, -0.15) is 0 Å². The Morgan fingerprint density at radius 1 is 1.04 bits per heavy atom. The number of nitrogens with one attached hydrogen (secondary N) is 1. The minimum absolute atomic E-state index is 0.319. The molecule has 0 fully saturated rings. The maximum Gasteiger partial charge on any atom is 0.405 e. The van der Waals surface area contributed by atoms with Crippen molar-refractivity contribution in [2.45, 2.75) is 26.3 Å². The van der Waals surface area contributed by atoms with Gasteiger partial charge in [-0.3, -0.25) is 0 Å². The van der Waals surface area contributed by atoms with E-state index >= 15 is 0 Å². The van der Waals surface area contributed by atoms with E-state index in [4.69, 9.17) is 13.9 Å². The number of hydrogen-bond acceptors (Lipinski definition) is 4. The van der Waals surface area contributed by atoms with Gasteiger partial charge in [-0.15, -0.1) is 0 Å². The standard InChI is InChI=1S/C18H23NO5/c1-17(2,3)18(19-16(20)21,14-10-11-15(23-5)24-14)12-6-8-13(22-4)9-7-12/h6-11,19H,1-5H3,(H,20,21). The lowest BCUT2D eigenvalue weighted by Crippen LogP contribution is -2.54. The molecule has 1 aromatic heterocycles. The van der Waals surface area contributed by atoms with Crippen molar-refractivity contribution in [3.63, 3.8) is 0 Å². The van der Waals surface area contributed by atoms with Gasteiger partial charge in [0, 0.05) is 6.07 Å². The second-order valence-corrected chi connectivity index (χ2v) is 6.48. The molecule has 2 N–H and O–H groups in total. The van der Waals surface area contributed by atoms with Gasteiger partial charge >= 0.3 is 6.09 Å². The van der Waals surface area contributed by atoms with E-state index in [0.717, 1.165) is 5.56 Å². The van der Waals surface area contributed by atoms with E-state index in [1.165, 1.54) is 7.11 Å². The summed E-state index contributed by atoms with van der Waals surface area (Å²) in [4.78, 5) is 11.6. The first-order valence-corrected chi connectivity index (χ1v) is 7.54. The lowest BCUT2D eigenvalue weighted by molar-refractivity contribution is 0.122. The Kier molecular flexibility index (Phi) is 4.78. The molecule has 0 bridgehead atoms. The molecule has 1 amide bonds. The van der Waals surface area contributed by atoms with Crippen molar-refractivity contribution in [1.82, 2.24) is 5.32 Å². The molecule has 130 valence electrons. The van der Waals surface area contributed by atoms with Gasteiger partial charge in [0.1, 0.15) is 17.0 Å². The largest absolute Gasteiger partial charge is 0.497 e. The third-order valence-electron chi connectivity index (χ3n) is 4.09. The quantitative estimate of drug-likeness (QED) is 0.868. The molecule has 1 heterocycles. The molecule has 1 aromatic carbocycles. The van der Waals surface area contributed by atoms with Crippen LogP contribution in [-0.4, -0.2) is 25.4 Å². The van der Waals surface area contributed by atoms with Gasteiger partial charge in [-0.25, -0.2) is 4.79 Å². The molecule has 24 heavy (non-hydrogen) atoms. The molecule has 6 heteroatoms. The number of carbonyl (C=O) groups is 1. The first-order valence-electron chi connectivity index (χ1n) is 7.54. The van der Waals surface area contributed by atoms with Crippen molar-refractivity contribution in [2.75, 3.05) is 14.2 Å². The van der Waals surface area contributed by atoms with Crippen molar-refractivity contribution in [1.29, 1.82) is 0 Å². The van der Waals surface area contributed by atoms with Gasteiger partial charge in [-0.1, -0.05) is 32.9 Å². The van der Waals surface area contributed by atoms with E-state index in [9.17, 15) is 9.90 Å². The van der Waals surface area contributed by atoms with Gasteiger partial charge in [0.15, 0.2) is 0 Å². The molecule has 0 saturated carbocycles. The maximum atomic E-state index is 11.6. The molecule has 0 aliphatic rings. The van der Waals surface area contributed by atoms with Crippen LogP contribution in [0.1, 0.15) is 32.1 Å². The second kappa shape index (κ2) is 6.47. The molecule has 2 aromatic rings. The smallest absolute Gasteiger partial charge is 0.405 e. The number of carboxylic acid groups (broad SMARTS) is 1. The molecule has 0 saturated heterocycles. The highest BCUT2D eigenvalue weighted by molar-refractivity contribution is 5.68. The third-order valence-corrected chi connectivity index (χ3v) is 4.09. The number of rotatable bonds is 5. The highest BCUT2D eigenvalue weighted by Crippen LogP contribution is 2.46. The molecule has 1 atom stereocenters. The topological polar surface area (TPSA) is 80.9 Å². The maximum absolute atomic E-state index is 11.6. The zero-order valence-corrected chi connectivity index (χ0v) is 14.5. The van der Waals surface area contributed by atoms with Crippen LogP contribution < -0.4 is 14.8 Å². The highest BCUT2D eigenvalue weighted by atomic mass is 16.6. The zero-order valence-electron chi connectivity index (χ0n) is 14.5. The number of hydrogen-bond donors (Lipinski definition) is 2. The Labute approximate surface area is 141 Å². The highest BCUT2D eigenvalue weighted by Gasteiger charge is 2.49. The van der Waals surface area contributed by atoms with Gasteiger partial charge < -0.3 is 24.3 Å². The molecular formula is C18H23NO5. The summed E-state index contributed by atoms with van der Waals surface area (Å²) >= 11 is 0. The fourth-order valence-electron chi connectivity index (χ4n) is 2.90. The van der Waals surface area contributed by atoms with Crippen molar-refractivity contribution in [3.05, 3.63) is 47.7 Å². The number of amides is 1. The minimum Gasteiger partial charge on any atom is -0.497 e. The van der Waals surface area contributed by atoms with E-state index < -0.39 is 17.0 Å². The predicted octanol–water partition coefficient (Wildman–Crippen LogP) is 3.85. The number of methoxy groups -OCH3 is 2. The average Bonchev–Trinajstić information content (AvgIpc) is 3.00. The van der Waals surface area contributed by atoms with Crippen molar-refractivity contribution in [2.24, 2.45) is 5.41 Å². The zero-order chi connectivity index (χ0) is 18.0. The van der Waals surface area contributed by atoms with Crippen LogP contribution in [0.2, 0.25) is 0 Å². The summed E-state index contributed by atoms with van der Waals surface area (Å²) in [5, 5.41) is 12.2. The van der Waals surface area contributed by atoms with Crippen LogP contribution in [0.4, 0.5) is 4.79 Å². The molecule has 2 rings (SSSR count). The Bertz CT molecular complexity index is 699. The third kappa shape index (κ3) is 3.04. The lowest BCUT2D eigenvalue weighted by Gasteiger charge is -2.43. The Hall–Kier alpha value is -2.63. The first-order chi connectivity index (χ1) is 11.2. The van der Waals surface area contributed by atoms with E-state index in [2.05, 4.69) is 5.32 Å².